The van der Waals surface area contributed by atoms with Crippen LogP contribution in [0.25, 0.3) is 0 Å². The Morgan fingerprint density at radius 2 is 1.84 bits per heavy atom. The van der Waals surface area contributed by atoms with E-state index in [0.29, 0.717) is 5.82 Å². The molecule has 0 atom stereocenters. The summed E-state index contributed by atoms with van der Waals surface area (Å²) in [5.74, 6) is 5.64. The number of nitrogens with zero attached hydrogens (tertiary/aromatic N) is 1. The molecule has 1 aromatic heterocycles. The molecule has 0 unspecified atom stereocenters. The van der Waals surface area contributed by atoms with Crippen molar-refractivity contribution in [2.75, 3.05) is 5.43 Å². The van der Waals surface area contributed by atoms with Crippen molar-refractivity contribution < 1.29 is 8.42 Å². The first-order valence-electron chi connectivity index (χ1n) is 6.57. The van der Waals surface area contributed by atoms with Gasteiger partial charge in [-0.05, 0) is 25.0 Å². The van der Waals surface area contributed by atoms with Gasteiger partial charge in [0, 0.05) is 12.2 Å². The number of nitrogen functional groups attached to an aromatic ring is 1. The van der Waals surface area contributed by atoms with E-state index in [1.807, 2.05) is 0 Å². The summed E-state index contributed by atoms with van der Waals surface area (Å²) in [6.45, 7) is 0. The topological polar surface area (TPSA) is 97.1 Å². The Morgan fingerprint density at radius 1 is 1.16 bits per heavy atom. The average molecular weight is 284 g/mol. The SMILES string of the molecule is NNc1ccc(S(=O)(=O)NC2CCCCCC2)cn1. The fourth-order valence-corrected chi connectivity index (χ4v) is 3.56. The standard InChI is InChI=1S/C12H20N4O2S/c13-15-12-8-7-11(9-14-12)19(17,18)16-10-5-3-1-2-4-6-10/h7-10,16H,1-6,13H2,(H,14,15). The van der Waals surface area contributed by atoms with Crippen molar-refractivity contribution in [2.24, 2.45) is 5.84 Å². The van der Waals surface area contributed by atoms with Gasteiger partial charge in [0.1, 0.15) is 10.7 Å². The molecule has 19 heavy (non-hydrogen) atoms. The van der Waals surface area contributed by atoms with Gasteiger partial charge in [0.15, 0.2) is 0 Å². The lowest BCUT2D eigenvalue weighted by atomic mass is 10.1. The molecule has 1 saturated carbocycles. The van der Waals surface area contributed by atoms with Crippen molar-refractivity contribution in [3.05, 3.63) is 18.3 Å². The van der Waals surface area contributed by atoms with E-state index in [9.17, 15) is 8.42 Å². The predicted octanol–water partition coefficient (Wildman–Crippen LogP) is 1.37. The van der Waals surface area contributed by atoms with Gasteiger partial charge >= 0.3 is 0 Å². The van der Waals surface area contributed by atoms with E-state index in [2.05, 4.69) is 15.1 Å². The molecular weight excluding hydrogens is 264 g/mol. The molecule has 0 spiro atoms. The number of hydrogen-bond donors (Lipinski definition) is 3. The van der Waals surface area contributed by atoms with Crippen molar-refractivity contribution in [2.45, 2.75) is 49.5 Å². The van der Waals surface area contributed by atoms with E-state index in [0.717, 1.165) is 25.7 Å². The zero-order valence-electron chi connectivity index (χ0n) is 10.8. The largest absolute Gasteiger partial charge is 0.308 e. The lowest BCUT2D eigenvalue weighted by molar-refractivity contribution is 0.509. The van der Waals surface area contributed by atoms with E-state index in [1.165, 1.54) is 25.1 Å². The highest BCUT2D eigenvalue weighted by atomic mass is 32.2. The van der Waals surface area contributed by atoms with Gasteiger partial charge in [-0.2, -0.15) is 0 Å². The summed E-state index contributed by atoms with van der Waals surface area (Å²) in [6, 6.07) is 3.09. The van der Waals surface area contributed by atoms with Crippen molar-refractivity contribution in [1.82, 2.24) is 9.71 Å². The summed E-state index contributed by atoms with van der Waals surface area (Å²) in [5, 5.41) is 0. The third kappa shape index (κ3) is 3.89. The highest BCUT2D eigenvalue weighted by Gasteiger charge is 2.21. The van der Waals surface area contributed by atoms with Crippen LogP contribution in [0.5, 0.6) is 0 Å². The number of hydrogen-bond acceptors (Lipinski definition) is 5. The van der Waals surface area contributed by atoms with Crippen molar-refractivity contribution in [1.29, 1.82) is 0 Å². The third-order valence-corrected chi connectivity index (χ3v) is 4.88. The third-order valence-electron chi connectivity index (χ3n) is 3.37. The van der Waals surface area contributed by atoms with E-state index < -0.39 is 10.0 Å². The number of hydrazine groups is 1. The summed E-state index contributed by atoms with van der Waals surface area (Å²) < 4.78 is 27.2. The molecule has 1 aliphatic carbocycles. The van der Waals surface area contributed by atoms with Crippen molar-refractivity contribution >= 4 is 15.8 Å². The van der Waals surface area contributed by atoms with Crippen LogP contribution in [0, 0.1) is 0 Å². The second-order valence-electron chi connectivity index (χ2n) is 4.83. The smallest absolute Gasteiger partial charge is 0.242 e. The minimum absolute atomic E-state index is 0.0415. The van der Waals surface area contributed by atoms with Gasteiger partial charge in [-0.25, -0.2) is 24.0 Å². The number of rotatable bonds is 4. The second-order valence-corrected chi connectivity index (χ2v) is 6.55. The van der Waals surface area contributed by atoms with Crippen LogP contribution < -0.4 is 16.0 Å². The Labute approximate surface area is 113 Å². The lowest BCUT2D eigenvalue weighted by Crippen LogP contribution is -2.34. The predicted molar refractivity (Wildman–Crippen MR) is 73.9 cm³/mol. The van der Waals surface area contributed by atoms with Crippen LogP contribution in [-0.4, -0.2) is 19.4 Å². The molecule has 0 aromatic carbocycles. The van der Waals surface area contributed by atoms with E-state index in [1.54, 1.807) is 6.07 Å². The fourth-order valence-electron chi connectivity index (χ4n) is 2.31. The zero-order valence-corrected chi connectivity index (χ0v) is 11.6. The van der Waals surface area contributed by atoms with Crippen LogP contribution in [0.15, 0.2) is 23.2 Å². The molecule has 0 bridgehead atoms. The summed E-state index contributed by atoms with van der Waals surface area (Å²) in [4.78, 5) is 4.10. The second kappa shape index (κ2) is 6.31. The number of nitrogens with two attached hydrogens (primary N) is 1. The average Bonchev–Trinajstić information content (AvgIpc) is 2.67. The number of nitrogens with one attached hydrogen (secondary N) is 2. The minimum atomic E-state index is -3.48. The number of sulfonamides is 1. The van der Waals surface area contributed by atoms with Crippen LogP contribution in [0.3, 0.4) is 0 Å². The van der Waals surface area contributed by atoms with Crippen LogP contribution >= 0.6 is 0 Å². The maximum absolute atomic E-state index is 12.2. The Hall–Kier alpha value is -1.18. The first-order valence-corrected chi connectivity index (χ1v) is 8.05. The molecule has 2 rings (SSSR count). The van der Waals surface area contributed by atoms with Crippen LogP contribution in [-0.2, 0) is 10.0 Å². The Balaban J connectivity index is 2.07. The summed E-state index contributed by atoms with van der Waals surface area (Å²) in [7, 11) is -3.48. The van der Waals surface area contributed by atoms with E-state index >= 15 is 0 Å². The molecule has 0 aliphatic heterocycles. The molecule has 0 amide bonds. The number of pyridine rings is 1. The monoisotopic (exact) mass is 284 g/mol. The van der Waals surface area contributed by atoms with Crippen LogP contribution in [0.4, 0.5) is 5.82 Å². The molecule has 6 nitrogen and oxygen atoms in total. The van der Waals surface area contributed by atoms with Gasteiger partial charge in [-0.15, -0.1) is 0 Å². The molecule has 1 fully saturated rings. The van der Waals surface area contributed by atoms with Gasteiger partial charge < -0.3 is 5.43 Å². The van der Waals surface area contributed by atoms with Crippen molar-refractivity contribution in [3.8, 4) is 0 Å². The summed E-state index contributed by atoms with van der Waals surface area (Å²) in [6.07, 6.45) is 7.69. The fraction of sp³-hybridized carbons (Fsp3) is 0.583. The van der Waals surface area contributed by atoms with Crippen molar-refractivity contribution in [3.63, 3.8) is 0 Å². The van der Waals surface area contributed by atoms with E-state index in [4.69, 9.17) is 5.84 Å². The Bertz CT molecular complexity index is 493. The first kappa shape index (κ1) is 14.2. The van der Waals surface area contributed by atoms with Crippen LogP contribution in [0.2, 0.25) is 0 Å². The molecule has 106 valence electrons. The molecule has 7 heteroatoms. The maximum Gasteiger partial charge on any atom is 0.242 e. The minimum Gasteiger partial charge on any atom is -0.308 e. The molecule has 1 aliphatic rings. The van der Waals surface area contributed by atoms with Gasteiger partial charge in [-0.1, -0.05) is 25.7 Å². The zero-order chi connectivity index (χ0) is 13.7. The van der Waals surface area contributed by atoms with Crippen LogP contribution in [0.1, 0.15) is 38.5 Å². The van der Waals surface area contributed by atoms with Gasteiger partial charge in [0.2, 0.25) is 10.0 Å². The first-order chi connectivity index (χ1) is 9.12. The molecule has 0 saturated heterocycles. The lowest BCUT2D eigenvalue weighted by Gasteiger charge is -2.16. The maximum atomic E-state index is 12.2. The Morgan fingerprint density at radius 3 is 2.37 bits per heavy atom. The van der Waals surface area contributed by atoms with Gasteiger partial charge in [0.05, 0.1) is 0 Å². The summed E-state index contributed by atoms with van der Waals surface area (Å²) >= 11 is 0. The highest BCUT2D eigenvalue weighted by molar-refractivity contribution is 7.89. The molecule has 0 radical (unpaired) electrons. The number of anilines is 1. The van der Waals surface area contributed by atoms with Gasteiger partial charge in [-0.3, -0.25) is 0 Å². The molecule has 1 heterocycles. The van der Waals surface area contributed by atoms with E-state index in [-0.39, 0.29) is 10.9 Å². The quantitative estimate of drug-likeness (QED) is 0.441. The Kier molecular flexibility index (Phi) is 4.73. The molecule has 4 N–H and O–H groups in total. The highest BCUT2D eigenvalue weighted by Crippen LogP contribution is 2.19. The summed E-state index contributed by atoms with van der Waals surface area (Å²) in [5.41, 5.74) is 2.37. The number of aromatic nitrogens is 1. The normalized spacial score (nSPS) is 17.9. The van der Waals surface area contributed by atoms with Gasteiger partial charge in [0.25, 0.3) is 0 Å². The molecular formula is C12H20N4O2S. The molecule has 1 aromatic rings.